The lowest BCUT2D eigenvalue weighted by atomic mass is 9.92. The number of allylic oxidation sites excluding steroid dienone is 3. The monoisotopic (exact) mass is 262 g/mol. The summed E-state index contributed by atoms with van der Waals surface area (Å²) in [6.45, 7) is 2.04. The maximum Gasteiger partial charge on any atom is 0.162 e. The summed E-state index contributed by atoms with van der Waals surface area (Å²) in [6.07, 6.45) is 4.76. The van der Waals surface area contributed by atoms with Gasteiger partial charge in [0.25, 0.3) is 0 Å². The minimum atomic E-state index is 0.307. The highest BCUT2D eigenvalue weighted by Gasteiger charge is 2.14. The first-order chi connectivity index (χ1) is 5.25. The number of rotatable bonds is 1. The van der Waals surface area contributed by atoms with Crippen LogP contribution in [0.25, 0.3) is 0 Å². The van der Waals surface area contributed by atoms with Crippen LogP contribution in [0.5, 0.6) is 0 Å². The fraction of sp³-hybridized carbons (Fsp3) is 0.444. The lowest BCUT2D eigenvalue weighted by Crippen LogP contribution is -2.08. The quantitative estimate of drug-likeness (QED) is 0.664. The molecular weight excluding hydrogens is 251 g/mol. The zero-order chi connectivity index (χ0) is 8.27. The molecule has 0 saturated heterocycles. The van der Waals surface area contributed by atoms with Gasteiger partial charge in [0.05, 0.1) is 0 Å². The Morgan fingerprint density at radius 2 is 2.18 bits per heavy atom. The molecule has 0 saturated carbocycles. The maximum absolute atomic E-state index is 11.3. The molecule has 0 fully saturated rings. The highest BCUT2D eigenvalue weighted by molar-refractivity contribution is 14.1. The molecule has 0 aromatic rings. The van der Waals surface area contributed by atoms with E-state index in [1.54, 1.807) is 0 Å². The van der Waals surface area contributed by atoms with Crippen LogP contribution in [-0.2, 0) is 4.79 Å². The molecule has 0 N–H and O–H groups in total. The standard InChI is InChI=1S/C9H11IO/c1-7-3-2-4-9(11)8(7)5-6-10/h5-6H,2-4H2,1H3. The van der Waals surface area contributed by atoms with E-state index < -0.39 is 0 Å². The van der Waals surface area contributed by atoms with Crippen LogP contribution in [0.15, 0.2) is 21.3 Å². The van der Waals surface area contributed by atoms with Gasteiger partial charge in [-0.1, -0.05) is 28.2 Å². The van der Waals surface area contributed by atoms with E-state index in [4.69, 9.17) is 0 Å². The van der Waals surface area contributed by atoms with Gasteiger partial charge in [0.1, 0.15) is 0 Å². The molecule has 0 aromatic carbocycles. The zero-order valence-corrected chi connectivity index (χ0v) is 8.72. The molecule has 0 spiro atoms. The van der Waals surface area contributed by atoms with E-state index in [1.807, 2.05) is 17.1 Å². The number of Topliss-reactive ketones (excluding diaryl/α,β-unsaturated/α-hetero) is 1. The Balaban J connectivity index is 2.91. The maximum atomic E-state index is 11.3. The highest BCUT2D eigenvalue weighted by Crippen LogP contribution is 2.22. The topological polar surface area (TPSA) is 17.1 Å². The van der Waals surface area contributed by atoms with Gasteiger partial charge < -0.3 is 0 Å². The third-order valence-corrected chi connectivity index (χ3v) is 2.31. The van der Waals surface area contributed by atoms with E-state index in [2.05, 4.69) is 22.6 Å². The number of hydrogen-bond acceptors (Lipinski definition) is 1. The Kier molecular flexibility index (Phi) is 3.30. The van der Waals surface area contributed by atoms with Gasteiger partial charge in [0.2, 0.25) is 0 Å². The Bertz CT molecular complexity index is 226. The molecule has 1 aliphatic rings. The van der Waals surface area contributed by atoms with Gasteiger partial charge in [0.15, 0.2) is 5.78 Å². The average Bonchev–Trinajstić information content (AvgIpc) is 1.97. The van der Waals surface area contributed by atoms with Gasteiger partial charge in [-0.05, 0) is 29.9 Å². The molecule has 11 heavy (non-hydrogen) atoms. The van der Waals surface area contributed by atoms with Crippen molar-refractivity contribution in [3.8, 4) is 0 Å². The third kappa shape index (κ3) is 2.15. The molecule has 0 amide bonds. The predicted octanol–water partition coefficient (Wildman–Crippen LogP) is 3.00. The molecule has 0 bridgehead atoms. The van der Waals surface area contributed by atoms with Gasteiger partial charge in [-0.15, -0.1) is 0 Å². The van der Waals surface area contributed by atoms with Crippen molar-refractivity contribution in [3.05, 3.63) is 21.3 Å². The summed E-state index contributed by atoms with van der Waals surface area (Å²) in [4.78, 5) is 11.3. The molecule has 0 radical (unpaired) electrons. The Morgan fingerprint density at radius 3 is 2.73 bits per heavy atom. The summed E-state index contributed by atoms with van der Waals surface area (Å²) in [5.74, 6) is 0.307. The van der Waals surface area contributed by atoms with Gasteiger partial charge in [-0.3, -0.25) is 4.79 Å². The largest absolute Gasteiger partial charge is 0.294 e. The predicted molar refractivity (Wildman–Crippen MR) is 54.7 cm³/mol. The fourth-order valence-corrected chi connectivity index (χ4v) is 1.68. The van der Waals surface area contributed by atoms with Crippen LogP contribution >= 0.6 is 22.6 Å². The van der Waals surface area contributed by atoms with Crippen molar-refractivity contribution in [1.29, 1.82) is 0 Å². The third-order valence-electron chi connectivity index (χ3n) is 1.95. The van der Waals surface area contributed by atoms with Crippen LogP contribution < -0.4 is 0 Å². The van der Waals surface area contributed by atoms with Crippen LogP contribution in [0.3, 0.4) is 0 Å². The number of carbonyl (C=O) groups is 1. The van der Waals surface area contributed by atoms with Crippen LogP contribution in [0, 0.1) is 0 Å². The highest BCUT2D eigenvalue weighted by atomic mass is 127. The van der Waals surface area contributed by atoms with E-state index in [1.165, 1.54) is 5.57 Å². The second-order valence-electron chi connectivity index (χ2n) is 2.76. The van der Waals surface area contributed by atoms with Crippen molar-refractivity contribution in [2.75, 3.05) is 0 Å². The van der Waals surface area contributed by atoms with Crippen molar-refractivity contribution in [1.82, 2.24) is 0 Å². The van der Waals surface area contributed by atoms with Crippen molar-refractivity contribution in [3.63, 3.8) is 0 Å². The fourth-order valence-electron chi connectivity index (χ4n) is 1.32. The van der Waals surface area contributed by atoms with E-state index in [0.717, 1.165) is 24.8 Å². The lowest BCUT2D eigenvalue weighted by Gasteiger charge is -2.12. The Labute approximate surface area is 80.7 Å². The minimum absolute atomic E-state index is 0.307. The summed E-state index contributed by atoms with van der Waals surface area (Å²) in [5.41, 5.74) is 2.18. The number of carbonyl (C=O) groups excluding carboxylic acids is 1. The van der Waals surface area contributed by atoms with Gasteiger partial charge in [-0.2, -0.15) is 0 Å². The normalized spacial score (nSPS) is 20.0. The van der Waals surface area contributed by atoms with E-state index in [9.17, 15) is 4.79 Å². The molecule has 1 aliphatic carbocycles. The van der Waals surface area contributed by atoms with Gasteiger partial charge in [-0.25, -0.2) is 0 Å². The van der Waals surface area contributed by atoms with Crippen molar-refractivity contribution >= 4 is 28.4 Å². The Morgan fingerprint density at radius 1 is 1.45 bits per heavy atom. The minimum Gasteiger partial charge on any atom is -0.294 e. The molecule has 0 heterocycles. The second kappa shape index (κ2) is 4.04. The SMILES string of the molecule is CC1=C(C=CI)C(=O)CCC1. The first kappa shape index (κ1) is 8.97. The molecule has 1 nitrogen and oxygen atoms in total. The van der Waals surface area contributed by atoms with Crippen molar-refractivity contribution < 1.29 is 4.79 Å². The van der Waals surface area contributed by atoms with Crippen LogP contribution in [0.1, 0.15) is 26.2 Å². The molecule has 0 atom stereocenters. The summed E-state index contributed by atoms with van der Waals surface area (Å²) in [7, 11) is 0. The molecule has 0 aliphatic heterocycles. The number of ketones is 1. The van der Waals surface area contributed by atoms with Gasteiger partial charge >= 0.3 is 0 Å². The first-order valence-corrected chi connectivity index (χ1v) is 5.00. The smallest absolute Gasteiger partial charge is 0.162 e. The lowest BCUT2D eigenvalue weighted by molar-refractivity contribution is -0.115. The van der Waals surface area contributed by atoms with E-state index in [-0.39, 0.29) is 0 Å². The summed E-state index contributed by atoms with van der Waals surface area (Å²) >= 11 is 2.14. The van der Waals surface area contributed by atoms with Crippen LogP contribution in [0.4, 0.5) is 0 Å². The second-order valence-corrected chi connectivity index (χ2v) is 3.48. The van der Waals surface area contributed by atoms with E-state index >= 15 is 0 Å². The van der Waals surface area contributed by atoms with E-state index in [0.29, 0.717) is 5.78 Å². The molecule has 2 heteroatoms. The number of hydrogen-bond donors (Lipinski definition) is 0. The summed E-state index contributed by atoms with van der Waals surface area (Å²) in [5, 5.41) is 0. The number of halogens is 1. The molecule has 0 aromatic heterocycles. The molecule has 1 rings (SSSR count). The average molecular weight is 262 g/mol. The molecular formula is C9H11IO. The Hall–Kier alpha value is -0.120. The molecule has 60 valence electrons. The van der Waals surface area contributed by atoms with Crippen molar-refractivity contribution in [2.45, 2.75) is 26.2 Å². The van der Waals surface area contributed by atoms with Crippen molar-refractivity contribution in [2.24, 2.45) is 0 Å². The summed E-state index contributed by atoms with van der Waals surface area (Å²) in [6, 6.07) is 0. The molecule has 0 unspecified atom stereocenters. The summed E-state index contributed by atoms with van der Waals surface area (Å²) < 4.78 is 1.90. The van der Waals surface area contributed by atoms with Crippen LogP contribution in [0.2, 0.25) is 0 Å². The van der Waals surface area contributed by atoms with Crippen LogP contribution in [-0.4, -0.2) is 5.78 Å². The van der Waals surface area contributed by atoms with Gasteiger partial charge in [0, 0.05) is 12.0 Å². The zero-order valence-electron chi connectivity index (χ0n) is 6.56. The first-order valence-electron chi connectivity index (χ1n) is 3.75.